The van der Waals surface area contributed by atoms with Crippen LogP contribution in [0.3, 0.4) is 0 Å². The number of nitriles is 2. The summed E-state index contributed by atoms with van der Waals surface area (Å²) in [4.78, 5) is 24.4. The number of furan rings is 2. The largest absolute Gasteiger partial charge is 0.453 e. The van der Waals surface area contributed by atoms with E-state index in [1.54, 1.807) is 12.1 Å². The maximum Gasteiger partial charge on any atom is 0.203 e. The van der Waals surface area contributed by atoms with Gasteiger partial charge in [0, 0.05) is 17.0 Å². The summed E-state index contributed by atoms with van der Waals surface area (Å²) in [5.41, 5.74) is 13.6. The second-order valence-electron chi connectivity index (χ2n) is 4.06. The van der Waals surface area contributed by atoms with Gasteiger partial charge in [0.25, 0.3) is 0 Å². The van der Waals surface area contributed by atoms with Crippen molar-refractivity contribution >= 4 is 11.6 Å². The van der Waals surface area contributed by atoms with Crippen LogP contribution in [-0.2, 0) is 0 Å². The summed E-state index contributed by atoms with van der Waals surface area (Å²) in [7, 11) is 0. The third kappa shape index (κ3) is 5.16. The number of azide groups is 1. The van der Waals surface area contributed by atoms with Crippen molar-refractivity contribution < 1.29 is 18.4 Å². The number of ketones is 2. The molecule has 0 saturated heterocycles. The summed E-state index contributed by atoms with van der Waals surface area (Å²) in [5, 5.41) is 19.8. The Hall–Kier alpha value is -3.85. The number of Topliss-reactive ketones (excluding diaryl/α,β-unsaturated/α-hetero) is 2. The van der Waals surface area contributed by atoms with Crippen molar-refractivity contribution in [2.75, 3.05) is 13.1 Å². The molecule has 0 fully saturated rings. The van der Waals surface area contributed by atoms with Crippen LogP contribution in [-0.4, -0.2) is 24.7 Å². The quantitative estimate of drug-likeness (QED) is 0.376. The normalized spacial score (nSPS) is 8.79. The van der Waals surface area contributed by atoms with Crippen LogP contribution < -0.4 is 5.73 Å². The van der Waals surface area contributed by atoms with Gasteiger partial charge in [0.05, 0.1) is 24.2 Å². The van der Waals surface area contributed by atoms with Crippen molar-refractivity contribution in [3.63, 3.8) is 0 Å². The minimum atomic E-state index is -0.372. The van der Waals surface area contributed by atoms with E-state index >= 15 is 0 Å². The van der Waals surface area contributed by atoms with Crippen LogP contribution in [0.5, 0.6) is 0 Å². The van der Waals surface area contributed by atoms with Crippen LogP contribution in [0.2, 0.25) is 0 Å². The van der Waals surface area contributed by atoms with E-state index < -0.39 is 0 Å². The first-order valence-corrected chi connectivity index (χ1v) is 6.30. The number of carbonyl (C=O) groups is 2. The van der Waals surface area contributed by atoms with Gasteiger partial charge < -0.3 is 14.6 Å². The van der Waals surface area contributed by atoms with Crippen molar-refractivity contribution in [2.45, 2.75) is 0 Å². The van der Waals surface area contributed by atoms with Crippen molar-refractivity contribution in [1.29, 1.82) is 10.5 Å². The van der Waals surface area contributed by atoms with E-state index in [1.807, 2.05) is 0 Å². The van der Waals surface area contributed by atoms with Gasteiger partial charge in [-0.05, 0) is 5.53 Å². The van der Waals surface area contributed by atoms with E-state index in [1.165, 1.54) is 18.4 Å². The lowest BCUT2D eigenvalue weighted by Crippen LogP contribution is -2.12. The first kappa shape index (κ1) is 18.2. The molecule has 0 radical (unpaired) electrons. The molecular weight excluding hydrogens is 316 g/mol. The van der Waals surface area contributed by atoms with E-state index in [0.717, 1.165) is 6.26 Å². The molecule has 10 nitrogen and oxygen atoms in total. The summed E-state index contributed by atoms with van der Waals surface area (Å²) < 4.78 is 9.40. The van der Waals surface area contributed by atoms with Gasteiger partial charge >= 0.3 is 0 Å². The molecule has 2 N–H and O–H groups in total. The Bertz CT molecular complexity index is 860. The first-order valence-electron chi connectivity index (χ1n) is 6.30. The lowest BCUT2D eigenvalue weighted by molar-refractivity contribution is 0.0993. The minimum absolute atomic E-state index is 0.0595. The molecule has 0 aliphatic heterocycles. The van der Waals surface area contributed by atoms with Crippen LogP contribution >= 0.6 is 0 Å². The van der Waals surface area contributed by atoms with Gasteiger partial charge in [0.15, 0.2) is 11.6 Å². The molecule has 0 spiro atoms. The zero-order valence-corrected chi connectivity index (χ0v) is 12.2. The SMILES string of the molecule is N#Cc1cc(C(=O)CN)co1.N#Cc1cc(C(=O)CN=[N+]=[N-])co1. The van der Waals surface area contributed by atoms with Crippen LogP contribution in [0.15, 0.2) is 38.6 Å². The second kappa shape index (κ2) is 9.23. The van der Waals surface area contributed by atoms with Gasteiger partial charge in [0.1, 0.15) is 24.7 Å². The Morgan fingerprint density at radius 2 is 1.62 bits per heavy atom. The molecule has 0 aromatic carbocycles. The van der Waals surface area contributed by atoms with Gasteiger partial charge in [-0.3, -0.25) is 9.59 Å². The fraction of sp³-hybridized carbons (Fsp3) is 0.143. The Kier molecular flexibility index (Phi) is 7.00. The van der Waals surface area contributed by atoms with Crippen LogP contribution in [0.4, 0.5) is 0 Å². The highest BCUT2D eigenvalue weighted by Gasteiger charge is 2.08. The summed E-state index contributed by atoms with van der Waals surface area (Å²) in [6.45, 7) is -0.328. The van der Waals surface area contributed by atoms with E-state index in [-0.39, 0.29) is 41.7 Å². The molecule has 0 aliphatic carbocycles. The highest BCUT2D eigenvalue weighted by Crippen LogP contribution is 2.07. The summed E-state index contributed by atoms with van der Waals surface area (Å²) in [6, 6.07) is 6.17. The Morgan fingerprint density at radius 1 is 1.12 bits per heavy atom. The topological polar surface area (TPSA) is 183 Å². The zero-order valence-electron chi connectivity index (χ0n) is 12.2. The van der Waals surface area contributed by atoms with Crippen molar-refractivity contribution in [1.82, 2.24) is 0 Å². The first-order chi connectivity index (χ1) is 11.5. The third-order valence-corrected chi connectivity index (χ3v) is 2.53. The maximum absolute atomic E-state index is 11.1. The standard InChI is InChI=1S/C7H4N4O2.C7H6N2O2/c8-2-6-1-5(4-13-6)7(12)3-10-11-9;8-2-6-1-5(4-11-6)7(10)3-9/h1,4H,3H2;1,4H,3,9H2. The third-order valence-electron chi connectivity index (χ3n) is 2.53. The summed E-state index contributed by atoms with van der Waals surface area (Å²) >= 11 is 0. The van der Waals surface area contributed by atoms with Crippen LogP contribution in [0, 0.1) is 22.7 Å². The van der Waals surface area contributed by atoms with Gasteiger partial charge in [-0.2, -0.15) is 10.5 Å². The highest BCUT2D eigenvalue weighted by molar-refractivity contribution is 5.98. The van der Waals surface area contributed by atoms with E-state index in [0.29, 0.717) is 5.56 Å². The van der Waals surface area contributed by atoms with Gasteiger partial charge in [-0.15, -0.1) is 0 Å². The zero-order chi connectivity index (χ0) is 17.9. The Balaban J connectivity index is 0.000000243. The fourth-order valence-electron chi connectivity index (χ4n) is 1.39. The number of nitrogens with two attached hydrogens (primary N) is 1. The predicted octanol–water partition coefficient (Wildman–Crippen LogP) is 1.94. The van der Waals surface area contributed by atoms with Gasteiger partial charge in [-0.25, -0.2) is 0 Å². The van der Waals surface area contributed by atoms with Gasteiger partial charge in [-0.1, -0.05) is 5.11 Å². The predicted molar refractivity (Wildman–Crippen MR) is 78.6 cm³/mol. The van der Waals surface area contributed by atoms with Crippen molar-refractivity contribution in [3.05, 3.63) is 57.7 Å². The average molecular weight is 326 g/mol. The molecule has 0 amide bonds. The lowest BCUT2D eigenvalue weighted by atomic mass is 10.2. The number of rotatable bonds is 5. The van der Waals surface area contributed by atoms with Crippen LogP contribution in [0.25, 0.3) is 10.4 Å². The second-order valence-corrected chi connectivity index (χ2v) is 4.06. The molecule has 0 unspecified atom stereocenters. The molecular formula is C14H10N6O4. The summed E-state index contributed by atoms with van der Waals surface area (Å²) in [5.74, 6) is -0.413. The fourth-order valence-corrected chi connectivity index (χ4v) is 1.39. The van der Waals surface area contributed by atoms with E-state index in [9.17, 15) is 9.59 Å². The molecule has 2 aromatic rings. The van der Waals surface area contributed by atoms with E-state index in [2.05, 4.69) is 10.0 Å². The molecule has 120 valence electrons. The average Bonchev–Trinajstić information content (AvgIpc) is 3.28. The molecule has 0 saturated carbocycles. The van der Waals surface area contributed by atoms with E-state index in [4.69, 9.17) is 30.6 Å². The molecule has 2 rings (SSSR count). The van der Waals surface area contributed by atoms with Gasteiger partial charge in [0.2, 0.25) is 11.5 Å². The lowest BCUT2D eigenvalue weighted by Gasteiger charge is -1.86. The molecule has 2 heterocycles. The molecule has 0 atom stereocenters. The maximum atomic E-state index is 11.1. The van der Waals surface area contributed by atoms with Crippen molar-refractivity contribution in [3.8, 4) is 12.1 Å². The Labute approximate surface area is 135 Å². The smallest absolute Gasteiger partial charge is 0.203 e. The minimum Gasteiger partial charge on any atom is -0.453 e. The molecule has 24 heavy (non-hydrogen) atoms. The number of nitrogens with zero attached hydrogens (tertiary/aromatic N) is 5. The molecule has 10 heteroatoms. The molecule has 0 bridgehead atoms. The molecule has 2 aromatic heterocycles. The summed E-state index contributed by atoms with van der Waals surface area (Å²) in [6.07, 6.45) is 2.39. The number of hydrogen-bond acceptors (Lipinski definition) is 8. The Morgan fingerprint density at radius 3 is 2.00 bits per heavy atom. The van der Waals surface area contributed by atoms with Crippen molar-refractivity contribution in [2.24, 2.45) is 10.8 Å². The number of carbonyl (C=O) groups excluding carboxylic acids is 2. The van der Waals surface area contributed by atoms with Crippen LogP contribution in [0.1, 0.15) is 32.2 Å². The number of hydrogen-bond donors (Lipinski definition) is 1. The highest BCUT2D eigenvalue weighted by atomic mass is 16.3. The monoisotopic (exact) mass is 326 g/mol. The molecule has 0 aliphatic rings.